The summed E-state index contributed by atoms with van der Waals surface area (Å²) in [5.41, 5.74) is 3.10. The van der Waals surface area contributed by atoms with E-state index in [9.17, 15) is 9.59 Å². The van der Waals surface area contributed by atoms with Gasteiger partial charge in [0.05, 0.1) is 16.9 Å². The van der Waals surface area contributed by atoms with Gasteiger partial charge >= 0.3 is 6.03 Å². The lowest BCUT2D eigenvalue weighted by Gasteiger charge is -2.27. The number of anilines is 1. The molecule has 28 heavy (non-hydrogen) atoms. The fourth-order valence-corrected chi connectivity index (χ4v) is 3.36. The van der Waals surface area contributed by atoms with Crippen LogP contribution in [-0.4, -0.2) is 27.5 Å². The van der Waals surface area contributed by atoms with E-state index >= 15 is 0 Å². The average Bonchev–Trinajstić information content (AvgIpc) is 2.66. The summed E-state index contributed by atoms with van der Waals surface area (Å²) in [5.74, 6) is 0.485. The topological polar surface area (TPSA) is 67.2 Å². The van der Waals surface area contributed by atoms with Crippen LogP contribution in [0.5, 0.6) is 0 Å². The SMILES string of the molecule is Cc1cccc(C)c1NC(=O)N(C)C(C)c1nc2cc(Cl)ccc2c(=O)n1C. The number of carbonyl (C=O) groups excluding carboxylic acids is 1. The number of para-hydroxylation sites is 1. The van der Waals surface area contributed by atoms with Crippen molar-refractivity contribution in [1.82, 2.24) is 14.5 Å². The monoisotopic (exact) mass is 398 g/mol. The van der Waals surface area contributed by atoms with Gasteiger partial charge < -0.3 is 10.2 Å². The first-order valence-corrected chi connectivity index (χ1v) is 9.34. The highest BCUT2D eigenvalue weighted by Gasteiger charge is 2.23. The van der Waals surface area contributed by atoms with Crippen molar-refractivity contribution in [2.45, 2.75) is 26.8 Å². The van der Waals surface area contributed by atoms with Gasteiger partial charge in [0.15, 0.2) is 0 Å². The van der Waals surface area contributed by atoms with E-state index in [1.165, 1.54) is 9.47 Å². The second-order valence-electron chi connectivity index (χ2n) is 6.98. The number of halogens is 1. The minimum absolute atomic E-state index is 0.174. The number of nitrogens with one attached hydrogen (secondary N) is 1. The Kier molecular flexibility index (Phi) is 5.42. The lowest BCUT2D eigenvalue weighted by Crippen LogP contribution is -2.37. The fraction of sp³-hybridized carbons (Fsp3) is 0.286. The Bertz CT molecular complexity index is 1100. The number of hydrogen-bond donors (Lipinski definition) is 1. The van der Waals surface area contributed by atoms with Crippen molar-refractivity contribution in [1.29, 1.82) is 0 Å². The van der Waals surface area contributed by atoms with E-state index in [0.29, 0.717) is 21.7 Å². The van der Waals surface area contributed by atoms with E-state index in [4.69, 9.17) is 11.6 Å². The second-order valence-corrected chi connectivity index (χ2v) is 7.42. The van der Waals surface area contributed by atoms with Crippen molar-refractivity contribution in [3.8, 4) is 0 Å². The number of benzene rings is 2. The molecule has 1 heterocycles. The van der Waals surface area contributed by atoms with Gasteiger partial charge in [-0.3, -0.25) is 9.36 Å². The first kappa shape index (κ1) is 19.9. The summed E-state index contributed by atoms with van der Waals surface area (Å²) in [6.45, 7) is 5.73. The highest BCUT2D eigenvalue weighted by Crippen LogP contribution is 2.23. The fourth-order valence-electron chi connectivity index (χ4n) is 3.19. The Balaban J connectivity index is 1.95. The van der Waals surface area contributed by atoms with Crippen LogP contribution in [0.2, 0.25) is 5.02 Å². The van der Waals surface area contributed by atoms with Crippen molar-refractivity contribution in [3.05, 3.63) is 68.7 Å². The van der Waals surface area contributed by atoms with Gasteiger partial charge in [0, 0.05) is 24.8 Å². The summed E-state index contributed by atoms with van der Waals surface area (Å²) >= 11 is 6.05. The minimum Gasteiger partial charge on any atom is -0.318 e. The number of amides is 2. The van der Waals surface area contributed by atoms with Gasteiger partial charge in [0.1, 0.15) is 5.82 Å². The number of aromatic nitrogens is 2. The van der Waals surface area contributed by atoms with Gasteiger partial charge in [-0.2, -0.15) is 0 Å². The number of fused-ring (bicyclic) bond motifs is 1. The summed E-state index contributed by atoms with van der Waals surface area (Å²) in [6, 6.07) is 10.1. The molecule has 0 spiro atoms. The minimum atomic E-state index is -0.426. The van der Waals surface area contributed by atoms with Gasteiger partial charge in [-0.25, -0.2) is 9.78 Å². The molecule has 6 nitrogen and oxygen atoms in total. The van der Waals surface area contributed by atoms with E-state index in [-0.39, 0.29) is 11.6 Å². The molecule has 0 saturated heterocycles. The molecule has 0 aliphatic heterocycles. The molecule has 0 bridgehead atoms. The lowest BCUT2D eigenvalue weighted by molar-refractivity contribution is 0.205. The number of nitrogens with zero attached hydrogens (tertiary/aromatic N) is 3. The van der Waals surface area contributed by atoms with Crippen LogP contribution in [-0.2, 0) is 7.05 Å². The number of urea groups is 1. The lowest BCUT2D eigenvalue weighted by atomic mass is 10.1. The van der Waals surface area contributed by atoms with Crippen molar-refractivity contribution >= 4 is 34.2 Å². The van der Waals surface area contributed by atoms with E-state index < -0.39 is 6.04 Å². The molecule has 2 aromatic carbocycles. The van der Waals surface area contributed by atoms with Gasteiger partial charge in [0.25, 0.3) is 5.56 Å². The molecule has 7 heteroatoms. The molecule has 1 unspecified atom stereocenters. The van der Waals surface area contributed by atoms with Crippen molar-refractivity contribution < 1.29 is 4.79 Å². The van der Waals surface area contributed by atoms with Gasteiger partial charge in [0.2, 0.25) is 0 Å². The van der Waals surface area contributed by atoms with Gasteiger partial charge in [-0.15, -0.1) is 0 Å². The summed E-state index contributed by atoms with van der Waals surface area (Å²) in [4.78, 5) is 31.7. The molecular weight excluding hydrogens is 376 g/mol. The van der Waals surface area contributed by atoms with Crippen LogP contribution < -0.4 is 10.9 Å². The highest BCUT2D eigenvalue weighted by molar-refractivity contribution is 6.31. The molecular formula is C21H23ClN4O2. The Morgan fingerprint density at radius 2 is 1.86 bits per heavy atom. The predicted octanol–water partition coefficient (Wildman–Crippen LogP) is 4.43. The van der Waals surface area contributed by atoms with Crippen LogP contribution in [0, 0.1) is 13.8 Å². The molecule has 0 saturated carbocycles. The smallest absolute Gasteiger partial charge is 0.318 e. The Morgan fingerprint density at radius 1 is 1.21 bits per heavy atom. The van der Waals surface area contributed by atoms with Crippen LogP contribution in [0.25, 0.3) is 10.9 Å². The van der Waals surface area contributed by atoms with Crippen LogP contribution in [0.3, 0.4) is 0 Å². The molecule has 0 radical (unpaired) electrons. The van der Waals surface area contributed by atoms with Crippen LogP contribution >= 0.6 is 11.6 Å². The van der Waals surface area contributed by atoms with Gasteiger partial charge in [-0.05, 0) is 50.1 Å². The molecule has 3 aromatic rings. The summed E-state index contributed by atoms with van der Waals surface area (Å²) < 4.78 is 1.48. The number of carbonyl (C=O) groups is 1. The van der Waals surface area contributed by atoms with E-state index in [0.717, 1.165) is 16.8 Å². The van der Waals surface area contributed by atoms with E-state index in [1.807, 2.05) is 39.0 Å². The van der Waals surface area contributed by atoms with Crippen molar-refractivity contribution in [2.24, 2.45) is 7.05 Å². The molecule has 0 fully saturated rings. The third-order valence-electron chi connectivity index (χ3n) is 5.06. The zero-order chi connectivity index (χ0) is 20.6. The van der Waals surface area contributed by atoms with E-state index in [2.05, 4.69) is 10.3 Å². The molecule has 3 rings (SSSR count). The van der Waals surface area contributed by atoms with Crippen LogP contribution in [0.4, 0.5) is 10.5 Å². The third kappa shape index (κ3) is 3.60. The number of hydrogen-bond acceptors (Lipinski definition) is 3. The van der Waals surface area contributed by atoms with E-state index in [1.54, 1.807) is 32.3 Å². The van der Waals surface area contributed by atoms with Gasteiger partial charge in [-0.1, -0.05) is 29.8 Å². The standard InChI is InChI=1S/C21H23ClN4O2/c1-12-7-6-8-13(2)18(12)24-21(28)25(4)14(3)19-23-17-11-15(22)9-10-16(17)20(27)26(19)5/h6-11,14H,1-5H3,(H,24,28). The molecule has 146 valence electrons. The third-order valence-corrected chi connectivity index (χ3v) is 5.30. The second kappa shape index (κ2) is 7.64. The zero-order valence-corrected chi connectivity index (χ0v) is 17.3. The Morgan fingerprint density at radius 3 is 2.50 bits per heavy atom. The first-order chi connectivity index (χ1) is 13.2. The zero-order valence-electron chi connectivity index (χ0n) is 16.6. The summed E-state index contributed by atoms with van der Waals surface area (Å²) in [7, 11) is 3.34. The maximum Gasteiger partial charge on any atom is 0.322 e. The Hall–Kier alpha value is -2.86. The Labute approximate surface area is 168 Å². The molecule has 0 aliphatic carbocycles. The number of rotatable bonds is 3. The quantitative estimate of drug-likeness (QED) is 0.709. The van der Waals surface area contributed by atoms with Crippen LogP contribution in [0.1, 0.15) is 29.9 Å². The van der Waals surface area contributed by atoms with Crippen molar-refractivity contribution in [2.75, 3.05) is 12.4 Å². The summed E-state index contributed by atoms with van der Waals surface area (Å²) in [6.07, 6.45) is 0. The normalized spacial score (nSPS) is 12.1. The first-order valence-electron chi connectivity index (χ1n) is 8.97. The highest BCUT2D eigenvalue weighted by atomic mass is 35.5. The summed E-state index contributed by atoms with van der Waals surface area (Å²) in [5, 5.41) is 3.96. The predicted molar refractivity (Wildman–Crippen MR) is 113 cm³/mol. The van der Waals surface area contributed by atoms with Crippen LogP contribution in [0.15, 0.2) is 41.2 Å². The molecule has 1 N–H and O–H groups in total. The molecule has 2 amide bonds. The molecule has 0 aliphatic rings. The number of aryl methyl sites for hydroxylation is 2. The largest absolute Gasteiger partial charge is 0.322 e. The molecule has 1 atom stereocenters. The maximum atomic E-state index is 12.8. The maximum absolute atomic E-state index is 12.8. The van der Waals surface area contributed by atoms with Crippen molar-refractivity contribution in [3.63, 3.8) is 0 Å². The molecule has 1 aromatic heterocycles. The average molecular weight is 399 g/mol.